The number of fused-ring (bicyclic) bond motifs is 1. The standard InChI is InChI=1S/C10H10FN3O/c1-15-8-3-2-6(11)10-9(8)7(14-12)4-5-13-10/h2-5H,12H2,1H3,(H,13,14). The third-order valence-electron chi connectivity index (χ3n) is 2.18. The second kappa shape index (κ2) is 3.70. The summed E-state index contributed by atoms with van der Waals surface area (Å²) in [5.41, 5.74) is 3.31. The summed E-state index contributed by atoms with van der Waals surface area (Å²) in [7, 11) is 1.51. The van der Waals surface area contributed by atoms with E-state index >= 15 is 0 Å². The molecule has 0 unspecified atom stereocenters. The fourth-order valence-electron chi connectivity index (χ4n) is 1.49. The molecule has 0 spiro atoms. The van der Waals surface area contributed by atoms with Crippen LogP contribution in [0.15, 0.2) is 24.4 Å². The minimum absolute atomic E-state index is 0.241. The number of ether oxygens (including phenoxy) is 1. The quantitative estimate of drug-likeness (QED) is 0.581. The number of methoxy groups -OCH3 is 1. The molecule has 2 rings (SSSR count). The molecule has 0 saturated carbocycles. The molecular weight excluding hydrogens is 197 g/mol. The van der Waals surface area contributed by atoms with Crippen molar-refractivity contribution in [1.82, 2.24) is 4.98 Å². The van der Waals surface area contributed by atoms with Gasteiger partial charge < -0.3 is 10.2 Å². The molecule has 1 aromatic heterocycles. The summed E-state index contributed by atoms with van der Waals surface area (Å²) in [6.07, 6.45) is 1.49. The van der Waals surface area contributed by atoms with Crippen LogP contribution in [0.25, 0.3) is 10.9 Å². The fourth-order valence-corrected chi connectivity index (χ4v) is 1.49. The van der Waals surface area contributed by atoms with Crippen LogP contribution in [-0.2, 0) is 0 Å². The van der Waals surface area contributed by atoms with Gasteiger partial charge >= 0.3 is 0 Å². The third kappa shape index (κ3) is 1.46. The second-order valence-corrected chi connectivity index (χ2v) is 2.98. The van der Waals surface area contributed by atoms with Crippen molar-refractivity contribution < 1.29 is 9.13 Å². The Hall–Kier alpha value is -1.88. The van der Waals surface area contributed by atoms with Crippen molar-refractivity contribution in [3.8, 4) is 5.75 Å². The SMILES string of the molecule is COc1ccc(F)c2nccc(NN)c12. The van der Waals surface area contributed by atoms with Gasteiger partial charge in [-0.1, -0.05) is 0 Å². The molecule has 0 aliphatic carbocycles. The van der Waals surface area contributed by atoms with Crippen molar-refractivity contribution in [3.63, 3.8) is 0 Å². The summed E-state index contributed by atoms with van der Waals surface area (Å²) >= 11 is 0. The average Bonchev–Trinajstić information content (AvgIpc) is 2.29. The van der Waals surface area contributed by atoms with E-state index in [1.54, 1.807) is 12.1 Å². The van der Waals surface area contributed by atoms with Gasteiger partial charge in [-0.15, -0.1) is 0 Å². The molecule has 3 N–H and O–H groups in total. The number of benzene rings is 1. The number of hydrogen-bond donors (Lipinski definition) is 2. The highest BCUT2D eigenvalue weighted by Crippen LogP contribution is 2.31. The number of halogens is 1. The van der Waals surface area contributed by atoms with Gasteiger partial charge in [0, 0.05) is 6.20 Å². The van der Waals surface area contributed by atoms with Crippen molar-refractivity contribution in [2.75, 3.05) is 12.5 Å². The van der Waals surface area contributed by atoms with Crippen LogP contribution < -0.4 is 16.0 Å². The Labute approximate surface area is 85.8 Å². The molecule has 4 nitrogen and oxygen atoms in total. The van der Waals surface area contributed by atoms with Crippen LogP contribution in [0.4, 0.5) is 10.1 Å². The summed E-state index contributed by atoms with van der Waals surface area (Å²) in [4.78, 5) is 3.95. The normalized spacial score (nSPS) is 10.3. The molecule has 0 amide bonds. The highest BCUT2D eigenvalue weighted by molar-refractivity contribution is 5.96. The number of hydrogen-bond acceptors (Lipinski definition) is 4. The molecule has 5 heteroatoms. The molecule has 0 atom stereocenters. The van der Waals surface area contributed by atoms with Crippen molar-refractivity contribution in [2.45, 2.75) is 0 Å². The average molecular weight is 207 g/mol. The lowest BCUT2D eigenvalue weighted by Crippen LogP contribution is -2.08. The van der Waals surface area contributed by atoms with Gasteiger partial charge in [0.05, 0.1) is 18.2 Å². The van der Waals surface area contributed by atoms with E-state index in [-0.39, 0.29) is 5.52 Å². The minimum Gasteiger partial charge on any atom is -0.496 e. The van der Waals surface area contributed by atoms with Gasteiger partial charge in [-0.2, -0.15) is 0 Å². The fraction of sp³-hybridized carbons (Fsp3) is 0.100. The van der Waals surface area contributed by atoms with Gasteiger partial charge in [0.2, 0.25) is 0 Å². The van der Waals surface area contributed by atoms with E-state index in [1.165, 1.54) is 19.4 Å². The monoisotopic (exact) mass is 207 g/mol. The number of nitrogens with two attached hydrogens (primary N) is 1. The lowest BCUT2D eigenvalue weighted by Gasteiger charge is -2.09. The Bertz CT molecular complexity index is 491. The molecular formula is C10H10FN3O. The molecule has 0 fully saturated rings. The predicted molar refractivity (Wildman–Crippen MR) is 56.1 cm³/mol. The second-order valence-electron chi connectivity index (χ2n) is 2.98. The lowest BCUT2D eigenvalue weighted by molar-refractivity contribution is 0.419. The van der Waals surface area contributed by atoms with Gasteiger partial charge in [-0.05, 0) is 18.2 Å². The van der Waals surface area contributed by atoms with Crippen LogP contribution >= 0.6 is 0 Å². The Morgan fingerprint density at radius 2 is 2.20 bits per heavy atom. The molecule has 0 bridgehead atoms. The Balaban J connectivity index is 2.87. The maximum Gasteiger partial charge on any atom is 0.149 e. The first-order valence-corrected chi connectivity index (χ1v) is 4.35. The predicted octanol–water partition coefficient (Wildman–Crippen LogP) is 1.67. The van der Waals surface area contributed by atoms with Crippen molar-refractivity contribution >= 4 is 16.6 Å². The van der Waals surface area contributed by atoms with E-state index in [0.717, 1.165) is 0 Å². The van der Waals surface area contributed by atoms with E-state index < -0.39 is 5.82 Å². The van der Waals surface area contributed by atoms with Crippen LogP contribution in [0.2, 0.25) is 0 Å². The van der Waals surface area contributed by atoms with Gasteiger partial charge in [0.25, 0.3) is 0 Å². The summed E-state index contributed by atoms with van der Waals surface area (Å²) in [6.45, 7) is 0. The number of nitrogens with one attached hydrogen (secondary N) is 1. The molecule has 78 valence electrons. The topological polar surface area (TPSA) is 60.2 Å². The highest BCUT2D eigenvalue weighted by Gasteiger charge is 2.10. The van der Waals surface area contributed by atoms with E-state index in [9.17, 15) is 4.39 Å². The van der Waals surface area contributed by atoms with Crippen LogP contribution in [0, 0.1) is 5.82 Å². The molecule has 0 saturated heterocycles. The molecule has 15 heavy (non-hydrogen) atoms. The number of rotatable bonds is 2. The Morgan fingerprint density at radius 3 is 2.87 bits per heavy atom. The third-order valence-corrected chi connectivity index (χ3v) is 2.18. The van der Waals surface area contributed by atoms with Crippen molar-refractivity contribution in [3.05, 3.63) is 30.2 Å². The summed E-state index contributed by atoms with van der Waals surface area (Å²) < 4.78 is 18.6. The number of nitrogen functional groups attached to an aromatic ring is 1. The number of anilines is 1. The molecule has 0 aliphatic heterocycles. The Kier molecular flexibility index (Phi) is 2.39. The van der Waals surface area contributed by atoms with Gasteiger partial charge in [-0.3, -0.25) is 10.8 Å². The minimum atomic E-state index is -0.400. The van der Waals surface area contributed by atoms with Crippen LogP contribution in [0.1, 0.15) is 0 Å². The first-order chi connectivity index (χ1) is 7.27. The molecule has 2 aromatic rings. The molecule has 1 heterocycles. The molecule has 1 aromatic carbocycles. The maximum atomic E-state index is 13.4. The first-order valence-electron chi connectivity index (χ1n) is 4.35. The van der Waals surface area contributed by atoms with E-state index in [0.29, 0.717) is 16.8 Å². The summed E-state index contributed by atoms with van der Waals surface area (Å²) in [6, 6.07) is 4.51. The number of hydrazine groups is 1. The zero-order valence-electron chi connectivity index (χ0n) is 8.12. The van der Waals surface area contributed by atoms with E-state index in [4.69, 9.17) is 10.6 Å². The van der Waals surface area contributed by atoms with Gasteiger partial charge in [0.15, 0.2) is 0 Å². The number of aromatic nitrogens is 1. The van der Waals surface area contributed by atoms with Crippen LogP contribution in [-0.4, -0.2) is 12.1 Å². The number of nitrogens with zero attached hydrogens (tertiary/aromatic N) is 1. The summed E-state index contributed by atoms with van der Waals surface area (Å²) in [5.74, 6) is 5.47. The maximum absolute atomic E-state index is 13.4. The van der Waals surface area contributed by atoms with Gasteiger partial charge in [-0.25, -0.2) is 4.39 Å². The highest BCUT2D eigenvalue weighted by atomic mass is 19.1. The van der Waals surface area contributed by atoms with Gasteiger partial charge in [0.1, 0.15) is 17.1 Å². The van der Waals surface area contributed by atoms with E-state index in [1.807, 2.05) is 0 Å². The van der Waals surface area contributed by atoms with Crippen molar-refractivity contribution in [1.29, 1.82) is 0 Å². The molecule has 0 radical (unpaired) electrons. The zero-order valence-corrected chi connectivity index (χ0v) is 8.12. The van der Waals surface area contributed by atoms with Crippen molar-refractivity contribution in [2.24, 2.45) is 5.84 Å². The van der Waals surface area contributed by atoms with Crippen LogP contribution in [0.3, 0.4) is 0 Å². The zero-order chi connectivity index (χ0) is 10.8. The van der Waals surface area contributed by atoms with Crippen LogP contribution in [0.5, 0.6) is 5.75 Å². The van der Waals surface area contributed by atoms with E-state index in [2.05, 4.69) is 10.4 Å². The Morgan fingerprint density at radius 1 is 1.40 bits per heavy atom. The smallest absolute Gasteiger partial charge is 0.149 e. The number of pyridine rings is 1. The molecule has 0 aliphatic rings. The lowest BCUT2D eigenvalue weighted by atomic mass is 10.1. The largest absolute Gasteiger partial charge is 0.496 e. The first kappa shape index (κ1) is 9.67. The summed E-state index contributed by atoms with van der Waals surface area (Å²) in [5, 5.41) is 0.544.